The molecule has 0 N–H and O–H groups in total. The van der Waals surface area contributed by atoms with Crippen molar-refractivity contribution in [2.24, 2.45) is 14.1 Å². The third kappa shape index (κ3) is 3.62. The standard InChI is InChI=1S/C16H22ClN5O2/c1-11-7-12(18-21(11)3)8-22(16(23)15-5-4-6-24-15)10-14-13(17)9-20(2)19-14/h7,9,15H,4-6,8,10H2,1-3H3/t15-/m1/s1. The van der Waals surface area contributed by atoms with Gasteiger partial charge in [-0.25, -0.2) is 0 Å². The second-order valence-corrected chi connectivity index (χ2v) is 6.60. The van der Waals surface area contributed by atoms with Crippen LogP contribution in [0, 0.1) is 6.92 Å². The van der Waals surface area contributed by atoms with Crippen LogP contribution in [0.5, 0.6) is 0 Å². The number of ether oxygens (including phenoxy) is 1. The van der Waals surface area contributed by atoms with Gasteiger partial charge in [-0.05, 0) is 25.8 Å². The van der Waals surface area contributed by atoms with Gasteiger partial charge in [-0.3, -0.25) is 14.2 Å². The van der Waals surface area contributed by atoms with E-state index in [0.717, 1.165) is 24.2 Å². The van der Waals surface area contributed by atoms with Crippen LogP contribution >= 0.6 is 11.6 Å². The molecule has 1 saturated heterocycles. The zero-order chi connectivity index (χ0) is 17.3. The van der Waals surface area contributed by atoms with E-state index in [1.807, 2.05) is 27.1 Å². The van der Waals surface area contributed by atoms with Crippen LogP contribution in [0.2, 0.25) is 5.02 Å². The van der Waals surface area contributed by atoms with Crippen molar-refractivity contribution in [2.75, 3.05) is 6.61 Å². The average molecular weight is 352 g/mol. The molecule has 0 spiro atoms. The second-order valence-electron chi connectivity index (χ2n) is 6.19. The van der Waals surface area contributed by atoms with Gasteiger partial charge >= 0.3 is 0 Å². The number of halogens is 1. The summed E-state index contributed by atoms with van der Waals surface area (Å²) >= 11 is 6.21. The predicted molar refractivity (Wildman–Crippen MR) is 89.4 cm³/mol. The first-order valence-corrected chi connectivity index (χ1v) is 8.40. The lowest BCUT2D eigenvalue weighted by molar-refractivity contribution is -0.142. The SMILES string of the molecule is Cc1cc(CN(Cc2nn(C)cc2Cl)C(=O)[C@H]2CCCO2)nn1C. The summed E-state index contributed by atoms with van der Waals surface area (Å²) in [5.74, 6) is -0.0301. The molecule has 1 aliphatic heterocycles. The lowest BCUT2D eigenvalue weighted by Crippen LogP contribution is -2.38. The van der Waals surface area contributed by atoms with Gasteiger partial charge in [0.1, 0.15) is 11.8 Å². The van der Waals surface area contributed by atoms with Crippen LogP contribution in [0.1, 0.15) is 29.9 Å². The lowest BCUT2D eigenvalue weighted by atomic mass is 10.2. The maximum atomic E-state index is 12.9. The Morgan fingerprint density at radius 3 is 2.75 bits per heavy atom. The molecule has 0 bridgehead atoms. The van der Waals surface area contributed by atoms with Crippen molar-refractivity contribution in [1.29, 1.82) is 0 Å². The lowest BCUT2D eigenvalue weighted by Gasteiger charge is -2.24. The van der Waals surface area contributed by atoms with Crippen LogP contribution in [0.4, 0.5) is 0 Å². The van der Waals surface area contributed by atoms with Crippen LogP contribution in [-0.2, 0) is 36.7 Å². The van der Waals surface area contributed by atoms with Gasteiger partial charge in [0.05, 0.1) is 23.8 Å². The van der Waals surface area contributed by atoms with Gasteiger partial charge < -0.3 is 9.64 Å². The number of aryl methyl sites for hydroxylation is 3. The molecule has 2 aromatic rings. The van der Waals surface area contributed by atoms with Crippen molar-refractivity contribution in [2.45, 2.75) is 39.0 Å². The smallest absolute Gasteiger partial charge is 0.252 e. The summed E-state index contributed by atoms with van der Waals surface area (Å²) in [4.78, 5) is 14.6. The van der Waals surface area contributed by atoms with Gasteiger partial charge in [0.2, 0.25) is 0 Å². The topological polar surface area (TPSA) is 65.2 Å². The monoisotopic (exact) mass is 351 g/mol. The molecular weight excluding hydrogens is 330 g/mol. The number of carbonyl (C=O) groups is 1. The highest BCUT2D eigenvalue weighted by atomic mass is 35.5. The van der Waals surface area contributed by atoms with Crippen molar-refractivity contribution < 1.29 is 9.53 Å². The summed E-state index contributed by atoms with van der Waals surface area (Å²) in [7, 11) is 3.70. The normalized spacial score (nSPS) is 17.4. The Morgan fingerprint density at radius 1 is 1.42 bits per heavy atom. The fourth-order valence-electron chi connectivity index (χ4n) is 2.89. The number of hydrogen-bond acceptors (Lipinski definition) is 4. The first-order chi connectivity index (χ1) is 11.4. The Labute approximate surface area is 146 Å². The van der Waals surface area contributed by atoms with Crippen molar-refractivity contribution in [3.8, 4) is 0 Å². The number of carbonyl (C=O) groups excluding carboxylic acids is 1. The fraction of sp³-hybridized carbons (Fsp3) is 0.562. The number of hydrogen-bond donors (Lipinski definition) is 0. The van der Waals surface area contributed by atoms with Gasteiger partial charge in [-0.2, -0.15) is 10.2 Å². The van der Waals surface area contributed by atoms with Crippen molar-refractivity contribution in [3.05, 3.63) is 34.4 Å². The Bertz CT molecular complexity index is 713. The first-order valence-electron chi connectivity index (χ1n) is 8.02. The van der Waals surface area contributed by atoms with Crippen LogP contribution in [-0.4, -0.2) is 43.1 Å². The molecule has 7 nitrogen and oxygen atoms in total. The Hall–Kier alpha value is -1.86. The molecular formula is C16H22ClN5O2. The molecule has 0 aromatic carbocycles. The van der Waals surface area contributed by atoms with E-state index in [4.69, 9.17) is 16.3 Å². The summed E-state index contributed by atoms with van der Waals surface area (Å²) in [5.41, 5.74) is 2.57. The van der Waals surface area contributed by atoms with Crippen LogP contribution in [0.15, 0.2) is 12.3 Å². The highest BCUT2D eigenvalue weighted by Gasteiger charge is 2.29. The summed E-state index contributed by atoms with van der Waals surface area (Å²) < 4.78 is 9.01. The Kier molecular flexibility index (Phi) is 4.91. The van der Waals surface area contributed by atoms with E-state index in [0.29, 0.717) is 30.4 Å². The number of rotatable bonds is 5. The quantitative estimate of drug-likeness (QED) is 0.824. The molecule has 3 rings (SSSR count). The molecule has 3 heterocycles. The minimum Gasteiger partial charge on any atom is -0.368 e. The average Bonchev–Trinajstić information content (AvgIpc) is 3.22. The molecule has 0 radical (unpaired) electrons. The van der Waals surface area contributed by atoms with E-state index < -0.39 is 0 Å². The van der Waals surface area contributed by atoms with Gasteiger partial charge in [-0.1, -0.05) is 11.6 Å². The van der Waals surface area contributed by atoms with Crippen molar-refractivity contribution >= 4 is 17.5 Å². The fourth-order valence-corrected chi connectivity index (χ4v) is 3.13. The van der Waals surface area contributed by atoms with Gasteiger partial charge in [0.25, 0.3) is 5.91 Å². The third-order valence-electron chi connectivity index (χ3n) is 4.23. The molecule has 0 saturated carbocycles. The second kappa shape index (κ2) is 6.94. The molecule has 24 heavy (non-hydrogen) atoms. The number of amides is 1. The predicted octanol–water partition coefficient (Wildman–Crippen LogP) is 1.82. The van der Waals surface area contributed by atoms with E-state index in [-0.39, 0.29) is 12.0 Å². The Morgan fingerprint density at radius 2 is 2.21 bits per heavy atom. The van der Waals surface area contributed by atoms with Gasteiger partial charge in [0.15, 0.2) is 0 Å². The summed E-state index contributed by atoms with van der Waals surface area (Å²) in [6.07, 6.45) is 3.03. The molecule has 1 aliphatic rings. The van der Waals surface area contributed by atoms with Crippen molar-refractivity contribution in [1.82, 2.24) is 24.5 Å². The highest BCUT2D eigenvalue weighted by molar-refractivity contribution is 6.31. The molecule has 8 heteroatoms. The molecule has 130 valence electrons. The largest absolute Gasteiger partial charge is 0.368 e. The van der Waals surface area contributed by atoms with Gasteiger partial charge in [0, 0.05) is 32.6 Å². The summed E-state index contributed by atoms with van der Waals surface area (Å²) in [6.45, 7) is 3.37. The Balaban J connectivity index is 1.82. The highest BCUT2D eigenvalue weighted by Crippen LogP contribution is 2.21. The van der Waals surface area contributed by atoms with Crippen LogP contribution in [0.3, 0.4) is 0 Å². The van der Waals surface area contributed by atoms with E-state index >= 15 is 0 Å². The minimum absolute atomic E-state index is 0.0301. The number of aromatic nitrogens is 4. The first kappa shape index (κ1) is 17.0. The summed E-state index contributed by atoms with van der Waals surface area (Å²) in [5, 5.41) is 9.35. The zero-order valence-corrected chi connectivity index (χ0v) is 15.0. The zero-order valence-electron chi connectivity index (χ0n) is 14.2. The molecule has 2 aromatic heterocycles. The van der Waals surface area contributed by atoms with Crippen LogP contribution < -0.4 is 0 Å². The maximum absolute atomic E-state index is 12.9. The van der Waals surface area contributed by atoms with E-state index in [1.165, 1.54) is 0 Å². The van der Waals surface area contributed by atoms with E-state index in [1.54, 1.807) is 20.5 Å². The summed E-state index contributed by atoms with van der Waals surface area (Å²) in [6, 6.07) is 1.98. The molecule has 1 atom stereocenters. The van der Waals surface area contributed by atoms with Crippen LogP contribution in [0.25, 0.3) is 0 Å². The minimum atomic E-state index is -0.378. The molecule has 0 aliphatic carbocycles. The molecule has 1 fully saturated rings. The van der Waals surface area contributed by atoms with E-state index in [2.05, 4.69) is 10.2 Å². The maximum Gasteiger partial charge on any atom is 0.252 e. The number of nitrogens with zero attached hydrogens (tertiary/aromatic N) is 5. The molecule has 0 unspecified atom stereocenters. The van der Waals surface area contributed by atoms with E-state index in [9.17, 15) is 4.79 Å². The van der Waals surface area contributed by atoms with Gasteiger partial charge in [-0.15, -0.1) is 0 Å². The van der Waals surface area contributed by atoms with Crippen molar-refractivity contribution in [3.63, 3.8) is 0 Å². The third-order valence-corrected chi connectivity index (χ3v) is 4.54. The molecule has 1 amide bonds.